The fourth-order valence-corrected chi connectivity index (χ4v) is 14.0. The highest BCUT2D eigenvalue weighted by atomic mass is 16.5. The summed E-state index contributed by atoms with van der Waals surface area (Å²) in [7, 11) is 0. The van der Waals surface area contributed by atoms with Crippen LogP contribution < -0.4 is 91.2 Å². The van der Waals surface area contributed by atoms with Crippen molar-refractivity contribution in [2.45, 2.75) is 229 Å². The summed E-state index contributed by atoms with van der Waals surface area (Å²) < 4.78 is 5.74. The zero-order chi connectivity index (χ0) is 97.6. The fraction of sp³-hybridized carbons (Fsp3) is 0.482. The second-order valence-corrected chi connectivity index (χ2v) is 31.6. The molecular formula is C85H113N19O28. The Bertz CT molecular complexity index is 5050. The zero-order valence-corrected chi connectivity index (χ0v) is 73.0. The number of ether oxygens (including phenoxy) is 1. The van der Waals surface area contributed by atoms with Gasteiger partial charge in [0.1, 0.15) is 78.6 Å². The molecule has 6 rings (SSSR count). The summed E-state index contributed by atoms with van der Waals surface area (Å²) in [6.45, 7) is 1.85. The number of carboxylic acids is 4. The minimum Gasteiger partial charge on any atom is -0.481 e. The Balaban J connectivity index is 1.44. The number of amides is 16. The van der Waals surface area contributed by atoms with Crippen LogP contribution in [0.4, 0.5) is 5.69 Å². The second-order valence-electron chi connectivity index (χ2n) is 31.6. The number of para-hydroxylation sites is 3. The number of anilines is 1. The highest BCUT2D eigenvalue weighted by molar-refractivity contribution is 6.05. The quantitative estimate of drug-likeness (QED) is 0.00765. The third-order valence-corrected chi connectivity index (χ3v) is 20.9. The van der Waals surface area contributed by atoms with Crippen LogP contribution in [-0.2, 0) is 118 Å². The molecule has 5 aromatic rings. The van der Waals surface area contributed by atoms with E-state index in [0.29, 0.717) is 45.8 Å². The number of cyclic esters (lactones) is 1. The number of aromatic amines is 2. The van der Waals surface area contributed by atoms with Crippen molar-refractivity contribution in [2.24, 2.45) is 11.7 Å². The van der Waals surface area contributed by atoms with E-state index in [1.807, 2.05) is 16.0 Å². The zero-order valence-electron chi connectivity index (χ0n) is 73.0. The lowest BCUT2D eigenvalue weighted by molar-refractivity contribution is -0.156. The number of rotatable bonds is 40. The van der Waals surface area contributed by atoms with Crippen molar-refractivity contribution < 1.29 is 136 Å². The molecule has 0 radical (unpaired) electrons. The van der Waals surface area contributed by atoms with Crippen molar-refractivity contribution in [2.75, 3.05) is 32.0 Å². The van der Waals surface area contributed by atoms with Crippen molar-refractivity contribution >= 4 is 158 Å². The van der Waals surface area contributed by atoms with Gasteiger partial charge in [-0.25, -0.2) is 4.79 Å². The molecule has 16 amide bonds. The van der Waals surface area contributed by atoms with Crippen LogP contribution >= 0.6 is 0 Å². The van der Waals surface area contributed by atoms with Gasteiger partial charge in [0.25, 0.3) is 0 Å². The third kappa shape index (κ3) is 34.6. The van der Waals surface area contributed by atoms with E-state index in [-0.39, 0.29) is 43.5 Å². The van der Waals surface area contributed by atoms with Gasteiger partial charge in [-0.2, -0.15) is 0 Å². The summed E-state index contributed by atoms with van der Waals surface area (Å²) in [6, 6.07) is -5.57. The van der Waals surface area contributed by atoms with Gasteiger partial charge in [-0.3, -0.25) is 101 Å². The number of aliphatic hydroxyl groups excluding tert-OH is 1. The molecule has 14 atom stereocenters. The van der Waals surface area contributed by atoms with Gasteiger partial charge in [0, 0.05) is 84.6 Å². The predicted molar refractivity (Wildman–Crippen MR) is 464 cm³/mol. The van der Waals surface area contributed by atoms with Crippen LogP contribution in [0.3, 0.4) is 0 Å². The number of fused-ring (bicyclic) bond motifs is 2. The number of nitrogens with two attached hydrogens (primary N) is 2. The molecule has 716 valence electrons. The number of nitrogen functional groups attached to an aromatic ring is 1. The van der Waals surface area contributed by atoms with E-state index in [2.05, 4.69) is 80.7 Å². The number of carboxylic acid groups (broad SMARTS) is 4. The first-order valence-electron chi connectivity index (χ1n) is 42.4. The first-order valence-corrected chi connectivity index (χ1v) is 42.4. The van der Waals surface area contributed by atoms with Gasteiger partial charge in [-0.05, 0) is 74.4 Å². The predicted octanol–water partition coefficient (Wildman–Crippen LogP) is -4.24. The molecule has 3 aromatic carbocycles. The third-order valence-electron chi connectivity index (χ3n) is 20.9. The number of carbonyl (C=O) groups excluding carboxylic acids is 18. The molecule has 26 N–H and O–H groups in total. The number of esters is 1. The van der Waals surface area contributed by atoms with Crippen LogP contribution in [0.15, 0.2) is 85.2 Å². The normalized spacial score (nSPS) is 20.2. The Morgan fingerprint density at radius 2 is 0.992 bits per heavy atom. The molecule has 3 heterocycles. The maximum atomic E-state index is 15.1. The SMILES string of the molecule is CCCCCCCCCC(=O)NC(Cc1c[nH]c2ccccc12)C(=O)NC(CC(N)=O)C(=O)NC(CC(=O)O)C(=O)NC1C(=O)NCC(=O)NC(CCCNC(=O)C(Cc2c[nH]c3ccccc23)NC(C)=O)C(=O)NC(CC(=O)O)C(=O)NC(C)C(=O)NC(CC(=O)O)C(=O)NCC(=O)NC(CO)C(=O)NC(C(C)CC(=O)O)C(=O)NC(CC(=O)c2ccccc2N)C(=O)OC1C. The van der Waals surface area contributed by atoms with Gasteiger partial charge in [0.2, 0.25) is 94.5 Å². The summed E-state index contributed by atoms with van der Waals surface area (Å²) in [5.41, 5.74) is 13.7. The number of aromatic nitrogens is 2. The van der Waals surface area contributed by atoms with E-state index < -0.39 is 279 Å². The summed E-state index contributed by atoms with van der Waals surface area (Å²) in [6.07, 6.45) is -1.68. The molecule has 2 aromatic heterocycles. The number of unbranched alkanes of at least 4 members (excludes halogenated alkanes) is 6. The lowest BCUT2D eigenvalue weighted by atomic mass is 9.96. The highest BCUT2D eigenvalue weighted by Crippen LogP contribution is 2.23. The second kappa shape index (κ2) is 52.5. The summed E-state index contributed by atoms with van der Waals surface area (Å²) in [5, 5.41) is 85.4. The van der Waals surface area contributed by atoms with Gasteiger partial charge in [0.05, 0.1) is 51.8 Å². The largest absolute Gasteiger partial charge is 0.481 e. The molecule has 0 spiro atoms. The molecular weight excluding hydrogens is 1740 g/mol. The molecule has 1 fully saturated rings. The highest BCUT2D eigenvalue weighted by Gasteiger charge is 2.42. The van der Waals surface area contributed by atoms with Crippen LogP contribution in [0.2, 0.25) is 0 Å². The Hall–Kier alpha value is -15.0. The average Bonchev–Trinajstić information content (AvgIpc) is 1.67. The number of primary amides is 1. The van der Waals surface area contributed by atoms with Gasteiger partial charge < -0.3 is 131 Å². The van der Waals surface area contributed by atoms with Gasteiger partial charge in [-0.15, -0.1) is 0 Å². The van der Waals surface area contributed by atoms with E-state index in [1.54, 1.807) is 60.9 Å². The molecule has 132 heavy (non-hydrogen) atoms. The molecule has 0 saturated carbocycles. The number of aliphatic hydroxyl groups is 1. The molecule has 0 aliphatic carbocycles. The number of ketones is 1. The van der Waals surface area contributed by atoms with Crippen molar-refractivity contribution in [1.82, 2.24) is 89.7 Å². The van der Waals surface area contributed by atoms with Crippen molar-refractivity contribution in [3.8, 4) is 0 Å². The van der Waals surface area contributed by atoms with Crippen molar-refractivity contribution in [3.63, 3.8) is 0 Å². The Morgan fingerprint density at radius 3 is 1.55 bits per heavy atom. The minimum absolute atomic E-state index is 0.0386. The Morgan fingerprint density at radius 1 is 0.492 bits per heavy atom. The number of hydrogen-bond donors (Lipinski definition) is 24. The lowest BCUT2D eigenvalue weighted by Crippen LogP contribution is -2.62. The number of H-pyrrole nitrogens is 2. The molecule has 0 bridgehead atoms. The van der Waals surface area contributed by atoms with Gasteiger partial charge in [0.15, 0.2) is 5.78 Å². The van der Waals surface area contributed by atoms with Gasteiger partial charge in [-0.1, -0.05) is 101 Å². The Labute approximate surface area is 754 Å². The van der Waals surface area contributed by atoms with Crippen LogP contribution in [0.5, 0.6) is 0 Å². The summed E-state index contributed by atoms with van der Waals surface area (Å²) in [4.78, 5) is 310. The van der Waals surface area contributed by atoms with Crippen LogP contribution in [0.1, 0.15) is 159 Å². The first kappa shape index (κ1) is 106. The molecule has 14 unspecified atom stereocenters. The van der Waals surface area contributed by atoms with Gasteiger partial charge >= 0.3 is 29.8 Å². The summed E-state index contributed by atoms with van der Waals surface area (Å²) >= 11 is 0. The van der Waals surface area contributed by atoms with Crippen molar-refractivity contribution in [3.05, 3.63) is 102 Å². The number of Topliss-reactive ketones (excluding diaryl/α,β-unsaturated/α-hetero) is 1. The van der Waals surface area contributed by atoms with E-state index in [0.717, 1.165) is 59.8 Å². The van der Waals surface area contributed by atoms with Crippen LogP contribution in [-0.4, -0.2) is 270 Å². The molecule has 1 saturated heterocycles. The molecule has 47 heteroatoms. The topological polar surface area (TPSA) is 750 Å². The van der Waals surface area contributed by atoms with Crippen LogP contribution in [0.25, 0.3) is 21.8 Å². The maximum absolute atomic E-state index is 15.1. The fourth-order valence-electron chi connectivity index (χ4n) is 14.0. The number of hydrogen-bond acceptors (Lipinski definition) is 25. The average molecular weight is 1850 g/mol. The number of carbonyl (C=O) groups is 22. The number of aliphatic carboxylic acids is 4. The lowest BCUT2D eigenvalue weighted by Gasteiger charge is -2.30. The monoisotopic (exact) mass is 1850 g/mol. The number of benzene rings is 3. The van der Waals surface area contributed by atoms with E-state index in [4.69, 9.17) is 16.2 Å². The summed E-state index contributed by atoms with van der Waals surface area (Å²) in [5.74, 6) is -32.0. The van der Waals surface area contributed by atoms with E-state index in [9.17, 15) is 121 Å². The number of nitrogens with one attached hydrogen (secondary N) is 17. The molecule has 1 aliphatic rings. The first-order chi connectivity index (χ1) is 62.6. The smallest absolute Gasteiger partial charge is 0.329 e. The molecule has 47 nitrogen and oxygen atoms in total. The van der Waals surface area contributed by atoms with Crippen molar-refractivity contribution in [1.29, 1.82) is 0 Å². The van der Waals surface area contributed by atoms with Crippen LogP contribution in [0, 0.1) is 5.92 Å². The maximum Gasteiger partial charge on any atom is 0.329 e. The molecule has 1 aliphatic heterocycles. The standard InChI is InChI=1S/C85H113N19O28/c1-6-7-8-9-10-11-12-27-65(109)96-56(31-47-38-90-53-25-18-15-21-49(47)53)79(125)99-57(33-64(87)108)80(126)101-60(36-71(118)119)81(127)104-73-44(4)132-85(131)61(32-63(107)50-22-13-16-23-51(50)86)102-84(130)72(42(2)29-68(112)113)103-82(128)62(41-105)97-67(111)39-91-76(122)58(34-69(114)115)98-74(120)43(3)93-78(124)59(35-70(116)117)100-77(123)54(95-66(110)40-92-83(73)129)26-19-28-88-75(121)55(94-45(5)106)30-46-37-89-52-24-17-14-20-48(46)52/h13-18,20-25,37-38,42-44,54-62,72-73,89-90,105H,6-12,19,26-36,39-41,86H2,1-5H3,(H2,87,108)(H,88,121)(H,91,122)(H,92,129)(H,93,124)(H,94,106)(H,95,110)(H,96,109)(H,97,111)(H,98,120)(H,99,125)(H,100,123)(H,101,126)(H,102,130)(H,103,128)(H,104,127)(H,112,113)(H,114,115)(H,116,117)(H,118,119). The van der Waals surface area contributed by atoms with E-state index in [1.165, 1.54) is 24.3 Å². The Kier molecular flexibility index (Phi) is 42.1. The van der Waals surface area contributed by atoms with E-state index >= 15 is 9.59 Å². The minimum atomic E-state index is -2.52.